The number of aromatic nitrogens is 2. The van der Waals surface area contributed by atoms with Crippen molar-refractivity contribution in [2.45, 2.75) is 25.5 Å². The number of benzene rings is 2. The largest absolute Gasteiger partial charge is 0.356 e. The molecule has 1 fully saturated rings. The lowest BCUT2D eigenvalue weighted by atomic mass is 10.0. The summed E-state index contributed by atoms with van der Waals surface area (Å²) in [6.07, 6.45) is 5.09. The Morgan fingerprint density at radius 2 is 2.26 bits per heavy atom. The standard InChI is InChI=1S/C17H14ClFN2O2/c18-17-11-8-20-21(15-3-1-2-6-23-15)14(11)7-10-4-5-13(19)12(9-22)16(10)17/h4-5,7-9,15H,1-3,6H2. The molecule has 2 aromatic carbocycles. The molecule has 118 valence electrons. The summed E-state index contributed by atoms with van der Waals surface area (Å²) in [6, 6.07) is 4.79. The molecule has 2 heterocycles. The van der Waals surface area contributed by atoms with Crippen LogP contribution in [0.4, 0.5) is 4.39 Å². The molecule has 4 nitrogen and oxygen atoms in total. The summed E-state index contributed by atoms with van der Waals surface area (Å²) < 4.78 is 21.5. The highest BCUT2D eigenvalue weighted by Crippen LogP contribution is 2.36. The van der Waals surface area contributed by atoms with E-state index >= 15 is 0 Å². The predicted octanol–water partition coefficient (Wildman–Crippen LogP) is 4.49. The SMILES string of the molecule is O=Cc1c(F)ccc2cc3c(cnn3C3CCCCO3)c(Cl)c12. The zero-order valence-electron chi connectivity index (χ0n) is 12.3. The summed E-state index contributed by atoms with van der Waals surface area (Å²) in [5.41, 5.74) is 0.814. The van der Waals surface area contributed by atoms with Gasteiger partial charge in [-0.25, -0.2) is 9.07 Å². The van der Waals surface area contributed by atoms with Crippen LogP contribution in [-0.2, 0) is 4.74 Å². The first-order valence-electron chi connectivity index (χ1n) is 7.55. The quantitative estimate of drug-likeness (QED) is 0.649. The number of hydrogen-bond donors (Lipinski definition) is 0. The van der Waals surface area contributed by atoms with E-state index in [0.717, 1.165) is 24.8 Å². The van der Waals surface area contributed by atoms with Gasteiger partial charge in [-0.05, 0) is 36.8 Å². The molecule has 0 saturated carbocycles. The number of fused-ring (bicyclic) bond motifs is 2. The fourth-order valence-electron chi connectivity index (χ4n) is 3.20. The van der Waals surface area contributed by atoms with E-state index in [9.17, 15) is 9.18 Å². The maximum absolute atomic E-state index is 13.9. The molecule has 3 aromatic rings. The minimum atomic E-state index is -0.572. The van der Waals surface area contributed by atoms with Gasteiger partial charge in [0, 0.05) is 17.4 Å². The van der Waals surface area contributed by atoms with Crippen LogP contribution in [0.15, 0.2) is 24.4 Å². The van der Waals surface area contributed by atoms with Gasteiger partial charge in [0.1, 0.15) is 5.82 Å². The van der Waals surface area contributed by atoms with E-state index in [0.29, 0.717) is 34.1 Å². The van der Waals surface area contributed by atoms with E-state index in [1.165, 1.54) is 6.07 Å². The molecule has 0 bridgehead atoms. The molecule has 0 aliphatic carbocycles. The van der Waals surface area contributed by atoms with E-state index in [2.05, 4.69) is 5.10 Å². The summed E-state index contributed by atoms with van der Waals surface area (Å²) in [7, 11) is 0. The number of aldehydes is 1. The number of rotatable bonds is 2. The van der Waals surface area contributed by atoms with Crippen LogP contribution in [0.3, 0.4) is 0 Å². The molecule has 0 N–H and O–H groups in total. The summed E-state index contributed by atoms with van der Waals surface area (Å²) >= 11 is 6.46. The highest BCUT2D eigenvalue weighted by Gasteiger charge is 2.21. The average Bonchev–Trinajstić information content (AvgIpc) is 3.00. The van der Waals surface area contributed by atoms with Crippen molar-refractivity contribution in [3.8, 4) is 0 Å². The minimum Gasteiger partial charge on any atom is -0.356 e. The molecule has 1 aliphatic rings. The molecule has 0 spiro atoms. The highest BCUT2D eigenvalue weighted by atomic mass is 35.5. The van der Waals surface area contributed by atoms with Crippen LogP contribution in [0.25, 0.3) is 21.7 Å². The Kier molecular flexibility index (Phi) is 3.54. The monoisotopic (exact) mass is 332 g/mol. The van der Waals surface area contributed by atoms with Crippen molar-refractivity contribution >= 4 is 39.6 Å². The molecule has 0 radical (unpaired) electrons. The Labute approximate surface area is 136 Å². The topological polar surface area (TPSA) is 44.1 Å². The second-order valence-electron chi connectivity index (χ2n) is 5.71. The fraction of sp³-hybridized carbons (Fsp3) is 0.294. The second-order valence-corrected chi connectivity index (χ2v) is 6.09. The van der Waals surface area contributed by atoms with Gasteiger partial charge >= 0.3 is 0 Å². The number of carbonyl (C=O) groups excluding carboxylic acids is 1. The third kappa shape index (κ3) is 2.23. The van der Waals surface area contributed by atoms with E-state index in [1.807, 2.05) is 10.7 Å². The number of hydrogen-bond acceptors (Lipinski definition) is 3. The Balaban J connectivity index is 2.00. The average molecular weight is 333 g/mol. The van der Waals surface area contributed by atoms with Crippen LogP contribution in [-0.4, -0.2) is 22.7 Å². The summed E-state index contributed by atoms with van der Waals surface area (Å²) in [5.74, 6) is -0.572. The highest BCUT2D eigenvalue weighted by molar-refractivity contribution is 6.41. The van der Waals surface area contributed by atoms with Gasteiger partial charge < -0.3 is 4.74 Å². The number of ether oxygens (including phenoxy) is 1. The third-order valence-electron chi connectivity index (χ3n) is 4.35. The summed E-state index contributed by atoms with van der Waals surface area (Å²) in [4.78, 5) is 11.2. The van der Waals surface area contributed by atoms with E-state index in [1.54, 1.807) is 12.3 Å². The van der Waals surface area contributed by atoms with Gasteiger partial charge in [0.15, 0.2) is 12.5 Å². The molecule has 1 atom stereocenters. The Bertz CT molecular complexity index is 916. The van der Waals surface area contributed by atoms with Crippen LogP contribution >= 0.6 is 11.6 Å². The molecule has 4 rings (SSSR count). The van der Waals surface area contributed by atoms with Crippen LogP contribution < -0.4 is 0 Å². The van der Waals surface area contributed by atoms with Crippen molar-refractivity contribution in [2.75, 3.05) is 6.61 Å². The zero-order chi connectivity index (χ0) is 16.0. The molecular formula is C17H14ClFN2O2. The lowest BCUT2D eigenvalue weighted by Gasteiger charge is -2.23. The smallest absolute Gasteiger partial charge is 0.153 e. The predicted molar refractivity (Wildman–Crippen MR) is 86.4 cm³/mol. The zero-order valence-corrected chi connectivity index (χ0v) is 13.0. The fourth-order valence-corrected chi connectivity index (χ4v) is 3.56. The summed E-state index contributed by atoms with van der Waals surface area (Å²) in [6.45, 7) is 0.716. The Morgan fingerprint density at radius 1 is 1.39 bits per heavy atom. The molecule has 1 aliphatic heterocycles. The van der Waals surface area contributed by atoms with Crippen LogP contribution in [0, 0.1) is 5.82 Å². The van der Waals surface area contributed by atoms with Gasteiger partial charge in [-0.15, -0.1) is 0 Å². The number of halogens is 2. The Hall–Kier alpha value is -1.98. The van der Waals surface area contributed by atoms with Gasteiger partial charge in [-0.3, -0.25) is 4.79 Å². The molecule has 23 heavy (non-hydrogen) atoms. The molecule has 0 amide bonds. The Morgan fingerprint density at radius 3 is 3.00 bits per heavy atom. The first-order valence-corrected chi connectivity index (χ1v) is 7.93. The maximum atomic E-state index is 13.9. The maximum Gasteiger partial charge on any atom is 0.153 e. The number of carbonyl (C=O) groups is 1. The molecule has 1 aromatic heterocycles. The van der Waals surface area contributed by atoms with E-state index in [4.69, 9.17) is 16.3 Å². The van der Waals surface area contributed by atoms with Crippen molar-refractivity contribution in [3.63, 3.8) is 0 Å². The van der Waals surface area contributed by atoms with Crippen LogP contribution in [0.5, 0.6) is 0 Å². The van der Waals surface area contributed by atoms with Crippen LogP contribution in [0.2, 0.25) is 5.02 Å². The van der Waals surface area contributed by atoms with Crippen molar-refractivity contribution in [2.24, 2.45) is 0 Å². The molecule has 6 heteroatoms. The van der Waals surface area contributed by atoms with Gasteiger partial charge in [-0.1, -0.05) is 17.7 Å². The molecule has 1 saturated heterocycles. The summed E-state index contributed by atoms with van der Waals surface area (Å²) in [5, 5.41) is 6.59. The lowest BCUT2D eigenvalue weighted by molar-refractivity contribution is -0.0366. The van der Waals surface area contributed by atoms with Gasteiger partial charge in [0.25, 0.3) is 0 Å². The van der Waals surface area contributed by atoms with Gasteiger partial charge in [0.2, 0.25) is 0 Å². The molecular weight excluding hydrogens is 319 g/mol. The normalized spacial score (nSPS) is 18.6. The third-order valence-corrected chi connectivity index (χ3v) is 4.75. The van der Waals surface area contributed by atoms with Crippen molar-refractivity contribution in [1.29, 1.82) is 0 Å². The van der Waals surface area contributed by atoms with Gasteiger partial charge in [-0.2, -0.15) is 5.10 Å². The van der Waals surface area contributed by atoms with E-state index < -0.39 is 5.82 Å². The second kappa shape index (κ2) is 5.58. The van der Waals surface area contributed by atoms with Crippen molar-refractivity contribution < 1.29 is 13.9 Å². The van der Waals surface area contributed by atoms with Crippen molar-refractivity contribution in [3.05, 3.63) is 40.8 Å². The lowest BCUT2D eigenvalue weighted by Crippen LogP contribution is -2.18. The molecule has 1 unspecified atom stereocenters. The van der Waals surface area contributed by atoms with Gasteiger partial charge in [0.05, 0.1) is 22.3 Å². The number of nitrogens with zero attached hydrogens (tertiary/aromatic N) is 2. The van der Waals surface area contributed by atoms with E-state index in [-0.39, 0.29) is 11.8 Å². The first kappa shape index (κ1) is 14.6. The first-order chi connectivity index (χ1) is 11.2. The van der Waals surface area contributed by atoms with Crippen molar-refractivity contribution in [1.82, 2.24) is 9.78 Å². The van der Waals surface area contributed by atoms with Crippen LogP contribution in [0.1, 0.15) is 35.8 Å². The minimum absolute atomic E-state index is 0.0175.